The number of nitrogens with zero attached hydrogens (tertiary/aromatic N) is 1. The third-order valence-electron chi connectivity index (χ3n) is 0.937. The van der Waals surface area contributed by atoms with Gasteiger partial charge in [0.2, 0.25) is 0 Å². The van der Waals surface area contributed by atoms with Gasteiger partial charge in [-0.05, 0) is 0 Å². The highest BCUT2D eigenvalue weighted by atomic mass is 35.5. The molecule has 0 unspecified atom stereocenters. The maximum atomic E-state index is 10.4. The molecule has 8 heteroatoms. The zero-order valence-corrected chi connectivity index (χ0v) is 9.17. The van der Waals surface area contributed by atoms with Crippen molar-refractivity contribution < 1.29 is 19.2 Å². The van der Waals surface area contributed by atoms with Gasteiger partial charge in [0.15, 0.2) is 0 Å². The minimum absolute atomic E-state index is 0. The lowest BCUT2D eigenvalue weighted by Crippen LogP contribution is -2.36. The number of carbonyl (C=O) groups is 2. The number of rotatable bonds is 2. The molecule has 86 valence electrons. The Balaban J connectivity index is -0.000000209. The van der Waals surface area contributed by atoms with Crippen molar-refractivity contribution in [1.82, 2.24) is 5.06 Å². The summed E-state index contributed by atoms with van der Waals surface area (Å²) in [5, 5.41) is 0.752. The summed E-state index contributed by atoms with van der Waals surface area (Å²) in [5.74, 6) is -1.89. The Morgan fingerprint density at radius 1 is 1.36 bits per heavy atom. The van der Waals surface area contributed by atoms with Crippen molar-refractivity contribution in [3.8, 4) is 0 Å². The molecule has 0 saturated carbocycles. The Hall–Kier alpha value is -0.890. The fraction of sp³-hybridized carbons (Fsp3) is 0.667. The predicted octanol–water partition coefficient (Wildman–Crippen LogP) is -1.54. The van der Waals surface area contributed by atoms with Crippen molar-refractivity contribution in [3.63, 3.8) is 0 Å². The number of halogens is 1. The van der Waals surface area contributed by atoms with Crippen molar-refractivity contribution in [2.45, 2.75) is 0 Å². The van der Waals surface area contributed by atoms with Gasteiger partial charge in [-0.2, -0.15) is 0 Å². The Kier molecular flexibility index (Phi) is 16.3. The van der Waals surface area contributed by atoms with Gasteiger partial charge in [0.25, 0.3) is 0 Å². The van der Waals surface area contributed by atoms with Crippen LogP contribution >= 0.6 is 12.4 Å². The van der Waals surface area contributed by atoms with E-state index in [-0.39, 0.29) is 12.4 Å². The van der Waals surface area contributed by atoms with Crippen LogP contribution in [0.25, 0.3) is 0 Å². The van der Waals surface area contributed by atoms with E-state index in [0.29, 0.717) is 6.73 Å². The van der Waals surface area contributed by atoms with Crippen LogP contribution in [-0.4, -0.2) is 44.9 Å². The highest BCUT2D eigenvalue weighted by Crippen LogP contribution is 1.80. The van der Waals surface area contributed by atoms with Crippen LogP contribution in [0.1, 0.15) is 0 Å². The van der Waals surface area contributed by atoms with E-state index in [2.05, 4.69) is 15.3 Å². The second-order valence-corrected chi connectivity index (χ2v) is 1.80. The minimum Gasteiger partial charge on any atom is -0.370 e. The predicted molar refractivity (Wildman–Crippen MR) is 52.3 cm³/mol. The van der Waals surface area contributed by atoms with Crippen LogP contribution in [-0.2, 0) is 19.2 Å². The summed E-state index contributed by atoms with van der Waals surface area (Å²) < 4.78 is 4.32. The number of primary amides is 1. The quantitative estimate of drug-likeness (QED) is 0.339. The van der Waals surface area contributed by atoms with Gasteiger partial charge in [-0.15, -0.1) is 12.4 Å². The Labute approximate surface area is 88.7 Å². The van der Waals surface area contributed by atoms with Crippen molar-refractivity contribution in [3.05, 3.63) is 0 Å². The molecular weight excluding hydrogens is 214 g/mol. The highest BCUT2D eigenvalue weighted by molar-refractivity contribution is 6.33. The molecule has 0 aromatic carbocycles. The Bertz CT molecular complexity index is 165. The molecule has 4 N–H and O–H groups in total. The van der Waals surface area contributed by atoms with Crippen molar-refractivity contribution >= 4 is 24.2 Å². The van der Waals surface area contributed by atoms with Crippen LogP contribution in [0.2, 0.25) is 0 Å². The van der Waals surface area contributed by atoms with Gasteiger partial charge in [-0.3, -0.25) is 14.4 Å². The van der Waals surface area contributed by atoms with Crippen LogP contribution in [0, 0.1) is 0 Å². The molecule has 7 nitrogen and oxygen atoms in total. The number of carbonyl (C=O) groups excluding carboxylic acids is 2. The molecule has 0 spiro atoms. The molecule has 2 amide bonds. The van der Waals surface area contributed by atoms with Crippen molar-refractivity contribution in [1.29, 1.82) is 0 Å². The monoisotopic (exact) mass is 229 g/mol. The molecule has 0 aliphatic rings. The molecule has 0 fully saturated rings. The van der Waals surface area contributed by atoms with Gasteiger partial charge in [-0.25, -0.2) is 5.06 Å². The van der Waals surface area contributed by atoms with Crippen LogP contribution in [0.4, 0.5) is 0 Å². The second-order valence-electron chi connectivity index (χ2n) is 1.80. The number of amides is 2. The smallest absolute Gasteiger partial charge is 0.334 e. The average Bonchev–Trinajstić information content (AvgIpc) is 2.15. The molecule has 14 heavy (non-hydrogen) atoms. The first kappa shape index (κ1) is 18.8. The van der Waals surface area contributed by atoms with Gasteiger partial charge in [0.05, 0.1) is 13.8 Å². The molecule has 0 aliphatic carbocycles. The first-order valence-corrected chi connectivity index (χ1v) is 3.31. The normalized spacial score (nSPS) is 7.71. The maximum Gasteiger partial charge on any atom is 0.334 e. The van der Waals surface area contributed by atoms with Gasteiger partial charge in [0, 0.05) is 14.2 Å². The van der Waals surface area contributed by atoms with E-state index in [1.54, 1.807) is 7.11 Å². The second kappa shape index (κ2) is 12.1. The van der Waals surface area contributed by atoms with Gasteiger partial charge < -0.3 is 16.2 Å². The van der Waals surface area contributed by atoms with Crippen molar-refractivity contribution in [2.75, 3.05) is 28.0 Å². The summed E-state index contributed by atoms with van der Waals surface area (Å²) in [4.78, 5) is 24.8. The van der Waals surface area contributed by atoms with E-state index >= 15 is 0 Å². The van der Waals surface area contributed by atoms with Crippen LogP contribution < -0.4 is 11.5 Å². The molecule has 0 atom stereocenters. The SMILES string of the molecule is COCN.CON(C)C(=O)C(N)=O.Cl. The van der Waals surface area contributed by atoms with E-state index in [9.17, 15) is 9.59 Å². The lowest BCUT2D eigenvalue weighted by atomic mass is 10.6. The number of hydrogen-bond acceptors (Lipinski definition) is 5. The maximum absolute atomic E-state index is 10.4. The van der Waals surface area contributed by atoms with E-state index in [0.717, 1.165) is 5.06 Å². The lowest BCUT2D eigenvalue weighted by molar-refractivity contribution is -0.172. The summed E-state index contributed by atoms with van der Waals surface area (Å²) in [6.45, 7) is 0.319. The first-order valence-electron chi connectivity index (χ1n) is 3.31. The number of nitrogens with two attached hydrogens (primary N) is 2. The van der Waals surface area contributed by atoms with E-state index < -0.39 is 11.8 Å². The summed E-state index contributed by atoms with van der Waals surface area (Å²) >= 11 is 0. The molecule has 0 bridgehead atoms. The van der Waals surface area contributed by atoms with E-state index in [1.807, 2.05) is 0 Å². The third-order valence-corrected chi connectivity index (χ3v) is 0.937. The molecule has 0 aliphatic heterocycles. The molecule has 0 radical (unpaired) electrons. The van der Waals surface area contributed by atoms with E-state index in [1.165, 1.54) is 14.2 Å². The largest absolute Gasteiger partial charge is 0.370 e. The zero-order valence-electron chi connectivity index (χ0n) is 8.35. The molecular formula is C6H16ClN3O4. The number of likely N-dealkylation sites (N-methyl/N-ethyl adjacent to an activating group) is 1. The molecule has 0 saturated heterocycles. The van der Waals surface area contributed by atoms with Gasteiger partial charge in [-0.1, -0.05) is 0 Å². The Morgan fingerprint density at radius 3 is 1.79 bits per heavy atom. The summed E-state index contributed by atoms with van der Waals surface area (Å²) in [7, 11) is 4.12. The number of hydrogen-bond donors (Lipinski definition) is 2. The van der Waals surface area contributed by atoms with Crippen LogP contribution in [0.5, 0.6) is 0 Å². The fourth-order valence-corrected chi connectivity index (χ4v) is 0.238. The van der Waals surface area contributed by atoms with Gasteiger partial charge >= 0.3 is 11.8 Å². The van der Waals surface area contributed by atoms with Crippen molar-refractivity contribution in [2.24, 2.45) is 11.5 Å². The first-order chi connectivity index (χ1) is 6.01. The lowest BCUT2D eigenvalue weighted by Gasteiger charge is -2.09. The minimum atomic E-state index is -1.03. The zero-order chi connectivity index (χ0) is 10.9. The number of methoxy groups -OCH3 is 1. The third kappa shape index (κ3) is 11.1. The average molecular weight is 230 g/mol. The van der Waals surface area contributed by atoms with Crippen LogP contribution in [0.3, 0.4) is 0 Å². The highest BCUT2D eigenvalue weighted by Gasteiger charge is 2.13. The summed E-state index contributed by atoms with van der Waals surface area (Å²) in [6.07, 6.45) is 0. The van der Waals surface area contributed by atoms with Gasteiger partial charge in [0.1, 0.15) is 0 Å². The summed E-state index contributed by atoms with van der Waals surface area (Å²) in [6, 6.07) is 0. The number of hydroxylamine groups is 2. The van der Waals surface area contributed by atoms with Crippen LogP contribution in [0.15, 0.2) is 0 Å². The molecule has 0 aromatic heterocycles. The topological polar surface area (TPSA) is 108 Å². The fourth-order valence-electron chi connectivity index (χ4n) is 0.238. The molecule has 0 aromatic rings. The molecule has 0 rings (SSSR count). The molecule has 0 heterocycles. The summed E-state index contributed by atoms with van der Waals surface area (Å²) in [5.41, 5.74) is 9.41. The standard InChI is InChI=1S/C4H8N2O3.C2H7NO.ClH/c1-6(9-2)4(8)3(5)7;1-4-2-3;/h1-2H3,(H2,5,7);2-3H2,1H3;1H. The Morgan fingerprint density at radius 2 is 1.71 bits per heavy atom. The van der Waals surface area contributed by atoms with E-state index in [4.69, 9.17) is 5.73 Å². The number of ether oxygens (including phenoxy) is 1.